The van der Waals surface area contributed by atoms with Crippen molar-refractivity contribution in [3.05, 3.63) is 17.2 Å². The predicted molar refractivity (Wildman–Crippen MR) is 65.6 cm³/mol. The Labute approximate surface area is 105 Å². The summed E-state index contributed by atoms with van der Waals surface area (Å²) >= 11 is 1.61. The third kappa shape index (κ3) is 1.69. The summed E-state index contributed by atoms with van der Waals surface area (Å²) in [6, 6.07) is 2.00. The third-order valence-corrected chi connectivity index (χ3v) is 4.02. The number of thioether (sulfide) groups is 1. The highest BCUT2D eigenvalue weighted by atomic mass is 32.2. The molecule has 0 radical (unpaired) electrons. The van der Waals surface area contributed by atoms with E-state index in [0.717, 1.165) is 34.1 Å². The first-order valence-electron chi connectivity index (χ1n) is 5.56. The van der Waals surface area contributed by atoms with Gasteiger partial charge in [-0.25, -0.2) is 0 Å². The maximum absolute atomic E-state index is 10.2. The molecule has 92 valence electrons. The number of fused-ring (bicyclic) bond motifs is 2. The molecule has 0 fully saturated rings. The number of β-amino-alcohol motifs (C(OH)–C–C–N with tert-alkyl or cyclic N) is 1. The van der Waals surface area contributed by atoms with E-state index in [2.05, 4.69) is 4.90 Å². The number of hydrogen-bond acceptors (Lipinski definition) is 5. The molecule has 0 saturated carbocycles. The highest BCUT2D eigenvalue weighted by Gasteiger charge is 2.30. The normalized spacial score (nSPS) is 22.6. The van der Waals surface area contributed by atoms with E-state index in [-0.39, 0.29) is 6.79 Å². The van der Waals surface area contributed by atoms with Crippen LogP contribution in [0.1, 0.15) is 17.2 Å². The minimum absolute atomic E-state index is 0.276. The van der Waals surface area contributed by atoms with Crippen LogP contribution in [0.2, 0.25) is 0 Å². The maximum Gasteiger partial charge on any atom is 0.231 e. The molecule has 0 aromatic heterocycles. The molecule has 3 rings (SSSR count). The molecule has 5 heteroatoms. The summed E-state index contributed by atoms with van der Waals surface area (Å²) in [4.78, 5) is 3.13. The largest absolute Gasteiger partial charge is 0.454 e. The summed E-state index contributed by atoms with van der Waals surface area (Å²) in [6.45, 7) is 1.79. The van der Waals surface area contributed by atoms with Gasteiger partial charge in [0.05, 0.1) is 11.0 Å². The van der Waals surface area contributed by atoms with Crippen molar-refractivity contribution in [1.82, 2.24) is 4.90 Å². The third-order valence-electron chi connectivity index (χ3n) is 3.21. The maximum atomic E-state index is 10.2. The van der Waals surface area contributed by atoms with Gasteiger partial charge in [0.25, 0.3) is 0 Å². The van der Waals surface area contributed by atoms with E-state index in [1.54, 1.807) is 11.8 Å². The molecule has 2 aliphatic rings. The fourth-order valence-electron chi connectivity index (χ4n) is 2.52. The average Bonchev–Trinajstić information content (AvgIpc) is 2.73. The van der Waals surface area contributed by atoms with E-state index in [1.807, 2.05) is 19.4 Å². The van der Waals surface area contributed by atoms with Crippen LogP contribution in [0.4, 0.5) is 0 Å². The number of hydrogen-bond donors (Lipinski definition) is 1. The highest BCUT2D eigenvalue weighted by molar-refractivity contribution is 7.98. The van der Waals surface area contributed by atoms with Gasteiger partial charge in [-0.1, -0.05) is 0 Å². The average molecular weight is 253 g/mol. The highest BCUT2D eigenvalue weighted by Crippen LogP contribution is 2.47. The molecule has 17 heavy (non-hydrogen) atoms. The smallest absolute Gasteiger partial charge is 0.231 e. The van der Waals surface area contributed by atoms with E-state index in [1.165, 1.54) is 0 Å². The topological polar surface area (TPSA) is 41.9 Å². The molecule has 1 aromatic rings. The Balaban J connectivity index is 2.19. The number of ether oxygens (including phenoxy) is 2. The number of aliphatic hydroxyl groups excluding tert-OH is 1. The van der Waals surface area contributed by atoms with Crippen molar-refractivity contribution in [3.63, 3.8) is 0 Å². The molecular formula is C12H15NO3S. The zero-order valence-electron chi connectivity index (χ0n) is 9.90. The SMILES string of the molecule is CSc1c2c(cc3c1[C@H](O)CN(C)C3)OCO2. The van der Waals surface area contributed by atoms with E-state index >= 15 is 0 Å². The van der Waals surface area contributed by atoms with Crippen LogP contribution in [0.15, 0.2) is 11.0 Å². The zero-order chi connectivity index (χ0) is 12.0. The summed E-state index contributed by atoms with van der Waals surface area (Å²) in [5.41, 5.74) is 2.15. The second kappa shape index (κ2) is 4.08. The van der Waals surface area contributed by atoms with Crippen LogP contribution in [-0.4, -0.2) is 36.6 Å². The lowest BCUT2D eigenvalue weighted by Gasteiger charge is -2.31. The molecule has 2 heterocycles. The van der Waals surface area contributed by atoms with Crippen molar-refractivity contribution >= 4 is 11.8 Å². The fourth-order valence-corrected chi connectivity index (χ4v) is 3.35. The Kier molecular flexibility index (Phi) is 2.69. The molecule has 0 aliphatic carbocycles. The van der Waals surface area contributed by atoms with Crippen LogP contribution < -0.4 is 9.47 Å². The summed E-state index contributed by atoms with van der Waals surface area (Å²) in [5, 5.41) is 10.2. The van der Waals surface area contributed by atoms with Gasteiger partial charge in [0, 0.05) is 18.7 Å². The minimum atomic E-state index is -0.444. The Bertz CT molecular complexity index is 464. The predicted octanol–water partition coefficient (Wildman–Crippen LogP) is 1.62. The lowest BCUT2D eigenvalue weighted by Crippen LogP contribution is -2.30. The van der Waals surface area contributed by atoms with Gasteiger partial charge in [-0.15, -0.1) is 11.8 Å². The molecule has 0 spiro atoms. The quantitative estimate of drug-likeness (QED) is 0.770. The van der Waals surface area contributed by atoms with Crippen LogP contribution >= 0.6 is 11.8 Å². The molecule has 1 atom stereocenters. The number of aliphatic hydroxyl groups is 1. The second-order valence-electron chi connectivity index (χ2n) is 4.43. The van der Waals surface area contributed by atoms with Crippen LogP contribution in [-0.2, 0) is 6.54 Å². The van der Waals surface area contributed by atoms with Crippen LogP contribution in [0.25, 0.3) is 0 Å². The van der Waals surface area contributed by atoms with Gasteiger partial charge in [-0.05, 0) is 24.9 Å². The lowest BCUT2D eigenvalue weighted by molar-refractivity contribution is 0.105. The van der Waals surface area contributed by atoms with Crippen molar-refractivity contribution in [2.45, 2.75) is 17.5 Å². The van der Waals surface area contributed by atoms with Gasteiger partial charge in [0.1, 0.15) is 0 Å². The van der Waals surface area contributed by atoms with Gasteiger partial charge in [0.15, 0.2) is 11.5 Å². The van der Waals surface area contributed by atoms with Gasteiger partial charge in [-0.3, -0.25) is 4.90 Å². The van der Waals surface area contributed by atoms with E-state index in [0.29, 0.717) is 6.54 Å². The summed E-state index contributed by atoms with van der Waals surface area (Å²) < 4.78 is 10.9. The number of likely N-dealkylation sites (N-methyl/N-ethyl adjacent to an activating group) is 1. The van der Waals surface area contributed by atoms with E-state index < -0.39 is 6.10 Å². The van der Waals surface area contributed by atoms with Crippen molar-refractivity contribution in [2.75, 3.05) is 26.6 Å². The molecule has 4 nitrogen and oxygen atoms in total. The van der Waals surface area contributed by atoms with Crippen LogP contribution in [0.3, 0.4) is 0 Å². The summed E-state index contributed by atoms with van der Waals surface area (Å²) in [5.74, 6) is 1.59. The molecule has 0 bridgehead atoms. The van der Waals surface area contributed by atoms with Gasteiger partial charge in [0.2, 0.25) is 6.79 Å². The van der Waals surface area contributed by atoms with Crippen molar-refractivity contribution in [1.29, 1.82) is 0 Å². The molecule has 0 saturated heterocycles. The fraction of sp³-hybridized carbons (Fsp3) is 0.500. The number of rotatable bonds is 1. The molecule has 0 unspecified atom stereocenters. The van der Waals surface area contributed by atoms with Crippen molar-refractivity contribution in [2.24, 2.45) is 0 Å². The Hall–Kier alpha value is -0.910. The minimum Gasteiger partial charge on any atom is -0.454 e. The van der Waals surface area contributed by atoms with Gasteiger partial charge in [-0.2, -0.15) is 0 Å². The Morgan fingerprint density at radius 3 is 3.06 bits per heavy atom. The molecule has 2 aliphatic heterocycles. The first kappa shape index (κ1) is 11.2. The lowest BCUT2D eigenvalue weighted by atomic mass is 9.96. The Morgan fingerprint density at radius 2 is 2.29 bits per heavy atom. The van der Waals surface area contributed by atoms with Crippen LogP contribution in [0.5, 0.6) is 11.5 Å². The second-order valence-corrected chi connectivity index (χ2v) is 5.25. The summed E-state index contributed by atoms with van der Waals surface area (Å²) in [6.07, 6.45) is 1.56. The Morgan fingerprint density at radius 1 is 1.47 bits per heavy atom. The molecule has 1 aromatic carbocycles. The van der Waals surface area contributed by atoms with Gasteiger partial charge >= 0.3 is 0 Å². The van der Waals surface area contributed by atoms with Crippen molar-refractivity contribution in [3.8, 4) is 11.5 Å². The zero-order valence-corrected chi connectivity index (χ0v) is 10.7. The molecule has 1 N–H and O–H groups in total. The molecular weight excluding hydrogens is 238 g/mol. The standard InChI is InChI=1S/C12H15NO3S/c1-13-4-7-3-9-11(16-6-15-9)12(17-2)10(7)8(14)5-13/h3,8,14H,4-6H2,1-2H3/t8-/m1/s1. The van der Waals surface area contributed by atoms with E-state index in [4.69, 9.17) is 9.47 Å². The van der Waals surface area contributed by atoms with Crippen molar-refractivity contribution < 1.29 is 14.6 Å². The number of nitrogens with zero attached hydrogens (tertiary/aromatic N) is 1. The first-order chi connectivity index (χ1) is 8.20. The number of benzene rings is 1. The first-order valence-corrected chi connectivity index (χ1v) is 6.79. The molecule has 0 amide bonds. The van der Waals surface area contributed by atoms with Gasteiger partial charge < -0.3 is 14.6 Å². The van der Waals surface area contributed by atoms with Crippen LogP contribution in [0, 0.1) is 0 Å². The summed E-state index contributed by atoms with van der Waals surface area (Å²) in [7, 11) is 2.01. The monoisotopic (exact) mass is 253 g/mol. The van der Waals surface area contributed by atoms with E-state index in [9.17, 15) is 5.11 Å².